The molecule has 5 nitrogen and oxygen atoms in total. The summed E-state index contributed by atoms with van der Waals surface area (Å²) in [4.78, 5) is 23.8. The van der Waals surface area contributed by atoms with Crippen molar-refractivity contribution in [1.82, 2.24) is 0 Å². The standard InChI is InChI=1S/C19H21O5P/c1-23-18(20)13-15(19(21)24-2)14-25(22,16-9-5-3-6-10-16)17-11-7-4-8-12-17/h3-12,15H,13-14H2,1-2H3. The van der Waals surface area contributed by atoms with E-state index in [-0.39, 0.29) is 12.6 Å². The molecule has 0 N–H and O–H groups in total. The van der Waals surface area contributed by atoms with Gasteiger partial charge in [-0.3, -0.25) is 9.59 Å². The third-order valence-electron chi connectivity index (χ3n) is 4.00. The fraction of sp³-hybridized carbons (Fsp3) is 0.263. The molecule has 0 heterocycles. The van der Waals surface area contributed by atoms with E-state index in [1.54, 1.807) is 48.5 Å². The Labute approximate surface area is 147 Å². The van der Waals surface area contributed by atoms with Crippen molar-refractivity contribution >= 4 is 29.7 Å². The van der Waals surface area contributed by atoms with Gasteiger partial charge in [0.25, 0.3) is 0 Å². The Balaban J connectivity index is 2.46. The van der Waals surface area contributed by atoms with Crippen LogP contribution in [0, 0.1) is 5.92 Å². The number of rotatable bonds is 7. The number of hydrogen-bond acceptors (Lipinski definition) is 5. The number of esters is 2. The Morgan fingerprint density at radius 2 is 1.36 bits per heavy atom. The van der Waals surface area contributed by atoms with Crippen molar-refractivity contribution in [2.45, 2.75) is 6.42 Å². The van der Waals surface area contributed by atoms with E-state index in [2.05, 4.69) is 4.74 Å². The molecule has 25 heavy (non-hydrogen) atoms. The van der Waals surface area contributed by atoms with Gasteiger partial charge in [0.1, 0.15) is 7.14 Å². The van der Waals surface area contributed by atoms with Gasteiger partial charge in [-0.25, -0.2) is 0 Å². The smallest absolute Gasteiger partial charge is 0.309 e. The summed E-state index contributed by atoms with van der Waals surface area (Å²) in [6.45, 7) is 0. The van der Waals surface area contributed by atoms with Crippen LogP contribution in [0.15, 0.2) is 60.7 Å². The Kier molecular flexibility index (Phi) is 6.54. The molecule has 0 saturated carbocycles. The second-order valence-electron chi connectivity index (χ2n) is 5.59. The van der Waals surface area contributed by atoms with Gasteiger partial charge in [0.2, 0.25) is 0 Å². The lowest BCUT2D eigenvalue weighted by atomic mass is 10.1. The van der Waals surface area contributed by atoms with E-state index in [0.29, 0.717) is 10.6 Å². The van der Waals surface area contributed by atoms with Gasteiger partial charge >= 0.3 is 11.9 Å². The highest BCUT2D eigenvalue weighted by Gasteiger charge is 2.35. The Morgan fingerprint density at radius 3 is 1.76 bits per heavy atom. The average Bonchev–Trinajstić information content (AvgIpc) is 2.67. The zero-order chi connectivity index (χ0) is 18.3. The quantitative estimate of drug-likeness (QED) is 0.560. The topological polar surface area (TPSA) is 69.7 Å². The summed E-state index contributed by atoms with van der Waals surface area (Å²) in [7, 11) is -0.615. The average molecular weight is 360 g/mol. The van der Waals surface area contributed by atoms with Crippen molar-refractivity contribution in [3.05, 3.63) is 60.7 Å². The van der Waals surface area contributed by atoms with Crippen molar-refractivity contribution < 1.29 is 23.6 Å². The minimum Gasteiger partial charge on any atom is -0.469 e. The van der Waals surface area contributed by atoms with Crippen LogP contribution in [0.3, 0.4) is 0 Å². The van der Waals surface area contributed by atoms with Crippen molar-refractivity contribution in [3.8, 4) is 0 Å². The number of ether oxygens (including phenoxy) is 2. The molecule has 2 aromatic carbocycles. The molecule has 0 amide bonds. The predicted molar refractivity (Wildman–Crippen MR) is 96.8 cm³/mol. The van der Waals surface area contributed by atoms with Crippen molar-refractivity contribution in [2.24, 2.45) is 5.92 Å². The van der Waals surface area contributed by atoms with Gasteiger partial charge in [0.15, 0.2) is 0 Å². The second kappa shape index (κ2) is 8.63. The van der Waals surface area contributed by atoms with Crippen LogP contribution in [0.4, 0.5) is 0 Å². The highest BCUT2D eigenvalue weighted by Crippen LogP contribution is 2.45. The maximum absolute atomic E-state index is 14.0. The monoisotopic (exact) mass is 360 g/mol. The van der Waals surface area contributed by atoms with E-state index < -0.39 is 25.0 Å². The minimum absolute atomic E-state index is 0.00278. The molecule has 0 aliphatic carbocycles. The first-order chi connectivity index (χ1) is 12.0. The zero-order valence-corrected chi connectivity index (χ0v) is 15.1. The van der Waals surface area contributed by atoms with Gasteiger partial charge in [0.05, 0.1) is 26.6 Å². The summed E-state index contributed by atoms with van der Waals surface area (Å²) < 4.78 is 23.4. The number of benzene rings is 2. The molecule has 0 radical (unpaired) electrons. The van der Waals surface area contributed by atoms with Crippen LogP contribution in [0.5, 0.6) is 0 Å². The largest absolute Gasteiger partial charge is 0.469 e. The third kappa shape index (κ3) is 4.58. The van der Waals surface area contributed by atoms with E-state index in [1.807, 2.05) is 12.1 Å². The summed E-state index contributed by atoms with van der Waals surface area (Å²) in [5.74, 6) is -1.95. The van der Waals surface area contributed by atoms with Gasteiger partial charge in [0, 0.05) is 16.8 Å². The lowest BCUT2D eigenvalue weighted by molar-refractivity contribution is -0.151. The molecule has 2 aromatic rings. The van der Waals surface area contributed by atoms with Gasteiger partial charge in [-0.1, -0.05) is 60.7 Å². The van der Waals surface area contributed by atoms with Crippen LogP contribution in [0.1, 0.15) is 6.42 Å². The minimum atomic E-state index is -3.12. The van der Waals surface area contributed by atoms with Gasteiger partial charge in [-0.2, -0.15) is 0 Å². The summed E-state index contributed by atoms with van der Waals surface area (Å²) in [5.41, 5.74) is 0. The van der Waals surface area contributed by atoms with E-state index in [9.17, 15) is 14.2 Å². The first kappa shape index (κ1) is 18.9. The molecule has 2 rings (SSSR count). The van der Waals surface area contributed by atoms with E-state index in [1.165, 1.54) is 14.2 Å². The SMILES string of the molecule is COC(=O)CC(CP(=O)(c1ccccc1)c1ccccc1)C(=O)OC. The molecule has 1 unspecified atom stereocenters. The van der Waals surface area contributed by atoms with Crippen molar-refractivity contribution in [2.75, 3.05) is 20.4 Å². The number of carbonyl (C=O) groups excluding carboxylic acids is 2. The number of carbonyl (C=O) groups is 2. The maximum Gasteiger partial charge on any atom is 0.309 e. The van der Waals surface area contributed by atoms with Crippen LogP contribution in [0.25, 0.3) is 0 Å². The Bertz CT molecular complexity index is 714. The summed E-state index contributed by atoms with van der Waals surface area (Å²) in [6, 6.07) is 18.0. The fourth-order valence-electron chi connectivity index (χ4n) is 2.68. The van der Waals surface area contributed by atoms with Crippen molar-refractivity contribution in [1.29, 1.82) is 0 Å². The molecule has 0 saturated heterocycles. The molecule has 0 aliphatic heterocycles. The number of hydrogen-bond donors (Lipinski definition) is 0. The molecule has 0 spiro atoms. The van der Waals surface area contributed by atoms with E-state index in [0.717, 1.165) is 0 Å². The summed E-state index contributed by atoms with van der Waals surface area (Å²) in [6.07, 6.45) is -0.171. The zero-order valence-electron chi connectivity index (χ0n) is 14.3. The molecular weight excluding hydrogens is 339 g/mol. The molecule has 0 fully saturated rings. The highest BCUT2D eigenvalue weighted by atomic mass is 31.2. The van der Waals surface area contributed by atoms with Crippen LogP contribution < -0.4 is 10.6 Å². The van der Waals surface area contributed by atoms with Crippen LogP contribution >= 0.6 is 7.14 Å². The molecule has 1 atom stereocenters. The van der Waals surface area contributed by atoms with E-state index >= 15 is 0 Å². The fourth-order valence-corrected chi connectivity index (χ4v) is 5.61. The molecule has 0 aromatic heterocycles. The molecule has 0 aliphatic rings. The third-order valence-corrected chi connectivity index (χ3v) is 7.22. The number of methoxy groups -OCH3 is 2. The van der Waals surface area contributed by atoms with Crippen LogP contribution in [0.2, 0.25) is 0 Å². The predicted octanol–water partition coefficient (Wildman–Crippen LogP) is 2.35. The maximum atomic E-state index is 14.0. The first-order valence-electron chi connectivity index (χ1n) is 7.86. The summed E-state index contributed by atoms with van der Waals surface area (Å²) in [5, 5.41) is 1.28. The Morgan fingerprint density at radius 1 is 0.880 bits per heavy atom. The van der Waals surface area contributed by atoms with Crippen LogP contribution in [-0.4, -0.2) is 32.3 Å². The molecule has 0 bridgehead atoms. The normalized spacial score (nSPS) is 12.2. The Hall–Kier alpha value is -2.39. The van der Waals surface area contributed by atoms with Gasteiger partial charge in [-0.15, -0.1) is 0 Å². The highest BCUT2D eigenvalue weighted by molar-refractivity contribution is 7.78. The lowest BCUT2D eigenvalue weighted by Crippen LogP contribution is -2.29. The van der Waals surface area contributed by atoms with Crippen molar-refractivity contribution in [3.63, 3.8) is 0 Å². The second-order valence-corrected chi connectivity index (χ2v) is 8.47. The first-order valence-corrected chi connectivity index (χ1v) is 9.75. The van der Waals surface area contributed by atoms with E-state index in [4.69, 9.17) is 4.74 Å². The summed E-state index contributed by atoms with van der Waals surface area (Å²) >= 11 is 0. The molecule has 6 heteroatoms. The van der Waals surface area contributed by atoms with Gasteiger partial charge < -0.3 is 14.0 Å². The lowest BCUT2D eigenvalue weighted by Gasteiger charge is -2.23. The van der Waals surface area contributed by atoms with Gasteiger partial charge in [-0.05, 0) is 0 Å². The molecule has 132 valence electrons. The van der Waals surface area contributed by atoms with Crippen LogP contribution in [-0.2, 0) is 23.6 Å². The molecular formula is C19H21O5P.